The number of carbonyl (C=O) groups is 1. The second-order valence-corrected chi connectivity index (χ2v) is 7.00. The van der Waals surface area contributed by atoms with Crippen molar-refractivity contribution in [2.24, 2.45) is 16.6 Å². The lowest BCUT2D eigenvalue weighted by Gasteiger charge is -2.08. The van der Waals surface area contributed by atoms with Gasteiger partial charge >= 0.3 is 6.03 Å². The highest BCUT2D eigenvalue weighted by molar-refractivity contribution is 9.10. The summed E-state index contributed by atoms with van der Waals surface area (Å²) in [5.41, 5.74) is 8.28. The van der Waals surface area contributed by atoms with E-state index in [1.165, 1.54) is 0 Å². The molecule has 0 aliphatic carbocycles. The molecule has 9 heteroatoms. The van der Waals surface area contributed by atoms with Gasteiger partial charge in [0, 0.05) is 16.1 Å². The fraction of sp³-hybridized carbons (Fsp3) is 0.143. The van der Waals surface area contributed by atoms with Gasteiger partial charge in [-0.2, -0.15) is 0 Å². The SMILES string of the molecule is C#CC(C)/C=C(\C=C/C=C)NC(=O)Nc1nonc1C(N)=Nc1ccc(C)c(Br)c1. The molecule has 0 bridgehead atoms. The van der Waals surface area contributed by atoms with Gasteiger partial charge in [0.25, 0.3) is 0 Å². The summed E-state index contributed by atoms with van der Waals surface area (Å²) in [7, 11) is 0. The van der Waals surface area contributed by atoms with Crippen LogP contribution >= 0.6 is 15.9 Å². The Morgan fingerprint density at radius 1 is 1.47 bits per heavy atom. The van der Waals surface area contributed by atoms with Crippen molar-refractivity contribution in [1.29, 1.82) is 0 Å². The number of carbonyl (C=O) groups excluding carboxylic acids is 1. The first-order valence-corrected chi connectivity index (χ1v) is 9.61. The van der Waals surface area contributed by atoms with Crippen LogP contribution in [-0.2, 0) is 0 Å². The Balaban J connectivity index is 2.18. The molecule has 0 spiro atoms. The van der Waals surface area contributed by atoms with E-state index < -0.39 is 6.03 Å². The van der Waals surface area contributed by atoms with E-state index in [-0.39, 0.29) is 23.3 Å². The van der Waals surface area contributed by atoms with Crippen molar-refractivity contribution < 1.29 is 9.42 Å². The van der Waals surface area contributed by atoms with Crippen molar-refractivity contribution in [2.75, 3.05) is 5.32 Å². The number of amides is 2. The van der Waals surface area contributed by atoms with Crippen molar-refractivity contribution in [1.82, 2.24) is 15.6 Å². The number of urea groups is 1. The molecular formula is C21H21BrN6O2. The zero-order valence-electron chi connectivity index (χ0n) is 16.5. The van der Waals surface area contributed by atoms with Crippen molar-refractivity contribution in [3.63, 3.8) is 0 Å². The third-order valence-electron chi connectivity index (χ3n) is 3.73. The van der Waals surface area contributed by atoms with Crippen molar-refractivity contribution in [2.45, 2.75) is 13.8 Å². The molecule has 0 saturated carbocycles. The first kappa shape index (κ1) is 22.6. The number of aromatic nitrogens is 2. The summed E-state index contributed by atoms with van der Waals surface area (Å²) in [5, 5.41) is 12.6. The molecule has 30 heavy (non-hydrogen) atoms. The van der Waals surface area contributed by atoms with Crippen LogP contribution < -0.4 is 16.4 Å². The molecule has 2 amide bonds. The minimum Gasteiger partial charge on any atom is -0.382 e. The standard InChI is InChI=1S/C21H21BrN6O2/c1-5-7-8-15(11-13(3)6-2)25-21(29)26-20-18(27-30-28-20)19(23)24-16-10-9-14(4)17(22)12-16/h2,5,7-13H,1H2,3-4H3,(H2,23,24)(H2,25,26,28,29)/b8-7-,15-11+. The van der Waals surface area contributed by atoms with Gasteiger partial charge in [-0.3, -0.25) is 5.32 Å². The van der Waals surface area contributed by atoms with Gasteiger partial charge in [-0.25, -0.2) is 14.4 Å². The molecule has 1 heterocycles. The summed E-state index contributed by atoms with van der Waals surface area (Å²) < 4.78 is 5.61. The largest absolute Gasteiger partial charge is 0.382 e. The van der Waals surface area contributed by atoms with E-state index in [4.69, 9.17) is 16.8 Å². The number of nitrogens with one attached hydrogen (secondary N) is 2. The quantitative estimate of drug-likeness (QED) is 0.243. The van der Waals surface area contributed by atoms with Crippen LogP contribution in [0.5, 0.6) is 0 Å². The number of aryl methyl sites for hydroxylation is 1. The van der Waals surface area contributed by atoms with Crippen LogP contribution in [0.1, 0.15) is 18.2 Å². The average molecular weight is 469 g/mol. The van der Waals surface area contributed by atoms with Crippen LogP contribution in [0.4, 0.5) is 16.3 Å². The van der Waals surface area contributed by atoms with Crippen LogP contribution in [0.3, 0.4) is 0 Å². The molecule has 1 aromatic carbocycles. The van der Waals surface area contributed by atoms with Gasteiger partial charge in [-0.1, -0.05) is 46.6 Å². The zero-order valence-corrected chi connectivity index (χ0v) is 18.1. The maximum atomic E-state index is 12.4. The van der Waals surface area contributed by atoms with E-state index in [2.05, 4.69) is 54.4 Å². The van der Waals surface area contributed by atoms with E-state index in [1.807, 2.05) is 26.0 Å². The number of anilines is 1. The Labute approximate surface area is 183 Å². The fourth-order valence-electron chi connectivity index (χ4n) is 2.18. The van der Waals surface area contributed by atoms with Crippen LogP contribution in [0.25, 0.3) is 0 Å². The van der Waals surface area contributed by atoms with Gasteiger partial charge < -0.3 is 11.1 Å². The minimum absolute atomic E-state index is 0.0250. The molecule has 0 saturated heterocycles. The Hall–Kier alpha value is -3.64. The first-order valence-electron chi connectivity index (χ1n) is 8.82. The van der Waals surface area contributed by atoms with Gasteiger partial charge in [-0.05, 0) is 54.0 Å². The topological polar surface area (TPSA) is 118 Å². The van der Waals surface area contributed by atoms with E-state index in [0.717, 1.165) is 10.0 Å². The number of hydrogen-bond acceptors (Lipinski definition) is 5. The second kappa shape index (κ2) is 10.8. The van der Waals surface area contributed by atoms with Gasteiger partial charge in [0.05, 0.1) is 5.69 Å². The predicted molar refractivity (Wildman–Crippen MR) is 121 cm³/mol. The predicted octanol–water partition coefficient (Wildman–Crippen LogP) is 4.19. The van der Waals surface area contributed by atoms with Crippen LogP contribution in [0, 0.1) is 25.2 Å². The molecule has 2 rings (SSSR count). The van der Waals surface area contributed by atoms with Crippen LogP contribution in [0.2, 0.25) is 0 Å². The van der Waals surface area contributed by atoms with Crippen molar-refractivity contribution >= 4 is 39.3 Å². The molecule has 154 valence electrons. The summed E-state index contributed by atoms with van der Waals surface area (Å²) in [6.45, 7) is 7.38. The molecule has 1 unspecified atom stereocenters. The molecule has 1 aromatic heterocycles. The first-order chi connectivity index (χ1) is 14.3. The van der Waals surface area contributed by atoms with E-state index in [1.54, 1.807) is 30.4 Å². The highest BCUT2D eigenvalue weighted by atomic mass is 79.9. The van der Waals surface area contributed by atoms with Crippen LogP contribution in [-0.4, -0.2) is 22.2 Å². The van der Waals surface area contributed by atoms with E-state index in [0.29, 0.717) is 11.4 Å². The molecule has 8 nitrogen and oxygen atoms in total. The number of terminal acetylenes is 1. The maximum absolute atomic E-state index is 12.4. The molecule has 1 atom stereocenters. The highest BCUT2D eigenvalue weighted by Crippen LogP contribution is 2.23. The third-order valence-corrected chi connectivity index (χ3v) is 4.58. The number of nitrogens with two attached hydrogens (primary N) is 1. The summed E-state index contributed by atoms with van der Waals surface area (Å²) >= 11 is 3.44. The number of nitrogens with zero attached hydrogens (tertiary/aromatic N) is 3. The van der Waals surface area contributed by atoms with Crippen molar-refractivity contribution in [3.8, 4) is 12.3 Å². The Morgan fingerprint density at radius 3 is 2.90 bits per heavy atom. The molecule has 0 fully saturated rings. The normalized spacial score (nSPS) is 13.0. The molecular weight excluding hydrogens is 448 g/mol. The van der Waals surface area contributed by atoms with Gasteiger partial charge in [0.2, 0.25) is 5.82 Å². The van der Waals surface area contributed by atoms with Crippen molar-refractivity contribution in [3.05, 3.63) is 70.5 Å². The highest BCUT2D eigenvalue weighted by Gasteiger charge is 2.17. The minimum atomic E-state index is -0.581. The molecule has 2 aromatic rings. The fourth-order valence-corrected chi connectivity index (χ4v) is 2.55. The van der Waals surface area contributed by atoms with Crippen LogP contribution in [0.15, 0.2) is 68.9 Å². The van der Waals surface area contributed by atoms with E-state index >= 15 is 0 Å². The summed E-state index contributed by atoms with van der Waals surface area (Å²) in [6, 6.07) is 4.93. The van der Waals surface area contributed by atoms with Gasteiger partial charge in [-0.15, -0.1) is 6.42 Å². The van der Waals surface area contributed by atoms with Gasteiger partial charge in [0.15, 0.2) is 11.5 Å². The Kier molecular flexibility index (Phi) is 8.14. The number of hydrogen-bond donors (Lipinski definition) is 3. The summed E-state index contributed by atoms with van der Waals surface area (Å²) in [4.78, 5) is 16.7. The monoisotopic (exact) mass is 468 g/mol. The zero-order chi connectivity index (χ0) is 22.1. The molecule has 4 N–H and O–H groups in total. The molecule has 0 radical (unpaired) electrons. The number of amidine groups is 1. The molecule has 0 aliphatic heterocycles. The third kappa shape index (κ3) is 6.46. The van der Waals surface area contributed by atoms with Gasteiger partial charge in [0.1, 0.15) is 0 Å². The number of halogens is 1. The lowest BCUT2D eigenvalue weighted by atomic mass is 10.1. The Bertz CT molecular complexity index is 1060. The summed E-state index contributed by atoms with van der Waals surface area (Å²) in [6.07, 6.45) is 12.0. The Morgan fingerprint density at radius 2 is 2.23 bits per heavy atom. The lowest BCUT2D eigenvalue weighted by Crippen LogP contribution is -2.29. The van der Waals surface area contributed by atoms with E-state index in [9.17, 15) is 4.79 Å². The number of benzene rings is 1. The summed E-state index contributed by atoms with van der Waals surface area (Å²) in [5.74, 6) is 2.44. The smallest absolute Gasteiger partial charge is 0.324 e. The maximum Gasteiger partial charge on any atom is 0.324 e. The lowest BCUT2D eigenvalue weighted by molar-refractivity contribution is 0.254. The second-order valence-electron chi connectivity index (χ2n) is 6.14. The molecule has 0 aliphatic rings. The average Bonchev–Trinajstić information content (AvgIpc) is 3.16. The number of allylic oxidation sites excluding steroid dienone is 4. The number of aliphatic imine (C=N–C) groups is 1. The number of rotatable bonds is 7.